The molecular formula is C17H28N2O. The summed E-state index contributed by atoms with van der Waals surface area (Å²) in [5.74, 6) is 0.416. The highest BCUT2D eigenvalue weighted by molar-refractivity contribution is 5.37. The molecule has 1 aliphatic rings. The number of aromatic hydroxyl groups is 1. The molecule has 0 radical (unpaired) electrons. The molecule has 0 amide bonds. The van der Waals surface area contributed by atoms with Gasteiger partial charge in [0, 0.05) is 23.7 Å². The van der Waals surface area contributed by atoms with Crippen molar-refractivity contribution in [1.82, 2.24) is 10.2 Å². The average Bonchev–Trinajstić information content (AvgIpc) is 2.48. The molecule has 0 heterocycles. The third kappa shape index (κ3) is 3.33. The Kier molecular flexibility index (Phi) is 5.06. The Labute approximate surface area is 123 Å². The summed E-state index contributed by atoms with van der Waals surface area (Å²) >= 11 is 0. The van der Waals surface area contributed by atoms with Crippen molar-refractivity contribution >= 4 is 0 Å². The van der Waals surface area contributed by atoms with Gasteiger partial charge >= 0.3 is 0 Å². The number of benzene rings is 1. The monoisotopic (exact) mass is 276 g/mol. The molecule has 1 aliphatic carbocycles. The average molecular weight is 276 g/mol. The van der Waals surface area contributed by atoms with Gasteiger partial charge in [-0.2, -0.15) is 0 Å². The lowest BCUT2D eigenvalue weighted by Crippen LogP contribution is -2.40. The first-order chi connectivity index (χ1) is 9.52. The first-order valence-electron chi connectivity index (χ1n) is 7.71. The van der Waals surface area contributed by atoms with Crippen molar-refractivity contribution in [2.75, 3.05) is 14.1 Å². The van der Waals surface area contributed by atoms with Crippen LogP contribution in [0.25, 0.3) is 0 Å². The van der Waals surface area contributed by atoms with Crippen molar-refractivity contribution < 1.29 is 5.11 Å². The molecule has 112 valence electrons. The number of hydrogen-bond acceptors (Lipinski definition) is 3. The second-order valence-electron chi connectivity index (χ2n) is 6.20. The molecule has 1 aromatic rings. The highest BCUT2D eigenvalue weighted by Gasteiger charge is 2.27. The number of phenols is 1. The van der Waals surface area contributed by atoms with Gasteiger partial charge in [-0.25, -0.2) is 0 Å². The highest BCUT2D eigenvalue weighted by Crippen LogP contribution is 2.33. The normalized spacial score (nSPS) is 24.9. The van der Waals surface area contributed by atoms with Crippen LogP contribution in [0.4, 0.5) is 0 Å². The summed E-state index contributed by atoms with van der Waals surface area (Å²) in [5, 5.41) is 13.5. The van der Waals surface area contributed by atoms with Crippen LogP contribution in [-0.4, -0.2) is 36.2 Å². The van der Waals surface area contributed by atoms with E-state index in [0.717, 1.165) is 5.56 Å². The van der Waals surface area contributed by atoms with E-state index in [9.17, 15) is 5.11 Å². The molecule has 1 saturated carbocycles. The highest BCUT2D eigenvalue weighted by atomic mass is 16.3. The summed E-state index contributed by atoms with van der Waals surface area (Å²) in [6, 6.07) is 7.44. The van der Waals surface area contributed by atoms with E-state index in [-0.39, 0.29) is 6.04 Å². The van der Waals surface area contributed by atoms with Crippen molar-refractivity contribution in [1.29, 1.82) is 0 Å². The zero-order valence-corrected chi connectivity index (χ0v) is 13.2. The molecule has 1 unspecified atom stereocenters. The van der Waals surface area contributed by atoms with Gasteiger partial charge in [0.1, 0.15) is 5.75 Å². The standard InChI is InChI=1S/C17H28N2O/c1-12-5-10-17(20)16(11-12)13(2)19(4)15-8-6-14(18-3)7-9-15/h5,10-11,13-15,18,20H,6-9H2,1-4H3. The van der Waals surface area contributed by atoms with Gasteiger partial charge in [0.2, 0.25) is 0 Å². The van der Waals surface area contributed by atoms with Crippen molar-refractivity contribution in [2.24, 2.45) is 0 Å². The Hall–Kier alpha value is -1.06. The van der Waals surface area contributed by atoms with Crippen LogP contribution in [0.3, 0.4) is 0 Å². The van der Waals surface area contributed by atoms with E-state index in [1.165, 1.54) is 31.2 Å². The second-order valence-corrected chi connectivity index (χ2v) is 6.20. The van der Waals surface area contributed by atoms with Crippen molar-refractivity contribution in [3.05, 3.63) is 29.3 Å². The molecule has 0 aliphatic heterocycles. The van der Waals surface area contributed by atoms with E-state index < -0.39 is 0 Å². The maximum Gasteiger partial charge on any atom is 0.120 e. The van der Waals surface area contributed by atoms with E-state index in [1.807, 2.05) is 12.1 Å². The Morgan fingerprint density at radius 3 is 2.50 bits per heavy atom. The lowest BCUT2D eigenvalue weighted by molar-refractivity contribution is 0.134. The van der Waals surface area contributed by atoms with E-state index in [2.05, 4.69) is 44.2 Å². The smallest absolute Gasteiger partial charge is 0.120 e. The molecule has 0 saturated heterocycles. The minimum Gasteiger partial charge on any atom is -0.508 e. The Morgan fingerprint density at radius 1 is 1.25 bits per heavy atom. The third-order valence-corrected chi connectivity index (χ3v) is 4.92. The van der Waals surface area contributed by atoms with Gasteiger partial charge in [-0.3, -0.25) is 4.90 Å². The number of nitrogens with one attached hydrogen (secondary N) is 1. The SMILES string of the molecule is CNC1CCC(N(C)C(C)c2cc(C)ccc2O)CC1. The van der Waals surface area contributed by atoms with Crippen LogP contribution in [-0.2, 0) is 0 Å². The summed E-state index contributed by atoms with van der Waals surface area (Å²) in [6.07, 6.45) is 4.97. The van der Waals surface area contributed by atoms with Crippen LogP contribution in [0.1, 0.15) is 49.8 Å². The van der Waals surface area contributed by atoms with E-state index in [1.54, 1.807) is 0 Å². The first kappa shape index (κ1) is 15.3. The summed E-state index contributed by atoms with van der Waals surface area (Å²) in [4.78, 5) is 2.43. The summed E-state index contributed by atoms with van der Waals surface area (Å²) in [7, 11) is 4.25. The minimum absolute atomic E-state index is 0.256. The topological polar surface area (TPSA) is 35.5 Å². The van der Waals surface area contributed by atoms with Gasteiger partial charge < -0.3 is 10.4 Å². The Balaban J connectivity index is 2.05. The van der Waals surface area contributed by atoms with E-state index in [4.69, 9.17) is 0 Å². The van der Waals surface area contributed by atoms with Gasteiger partial charge in [0.25, 0.3) is 0 Å². The van der Waals surface area contributed by atoms with Gasteiger partial charge in [0.05, 0.1) is 0 Å². The first-order valence-corrected chi connectivity index (χ1v) is 7.71. The largest absolute Gasteiger partial charge is 0.508 e. The predicted molar refractivity (Wildman–Crippen MR) is 84.1 cm³/mol. The Morgan fingerprint density at radius 2 is 1.90 bits per heavy atom. The summed E-state index contributed by atoms with van der Waals surface area (Å²) in [6.45, 7) is 4.27. The zero-order chi connectivity index (χ0) is 14.7. The molecule has 3 nitrogen and oxygen atoms in total. The fourth-order valence-corrected chi connectivity index (χ4v) is 3.32. The van der Waals surface area contributed by atoms with Crippen molar-refractivity contribution in [3.63, 3.8) is 0 Å². The van der Waals surface area contributed by atoms with Crippen molar-refractivity contribution in [3.8, 4) is 5.75 Å². The lowest BCUT2D eigenvalue weighted by Gasteiger charge is -2.38. The van der Waals surface area contributed by atoms with Gasteiger partial charge in [0.15, 0.2) is 0 Å². The number of hydrogen-bond donors (Lipinski definition) is 2. The maximum atomic E-state index is 10.1. The number of rotatable bonds is 4. The molecule has 0 bridgehead atoms. The molecule has 2 rings (SSSR count). The quantitative estimate of drug-likeness (QED) is 0.886. The number of phenolic OH excluding ortho intramolecular Hbond substituents is 1. The number of nitrogens with zero attached hydrogens (tertiary/aromatic N) is 1. The minimum atomic E-state index is 0.256. The van der Waals surface area contributed by atoms with E-state index in [0.29, 0.717) is 17.8 Å². The van der Waals surface area contributed by atoms with Crippen LogP contribution < -0.4 is 5.32 Å². The van der Waals surface area contributed by atoms with Gasteiger partial charge in [-0.1, -0.05) is 17.7 Å². The molecule has 1 fully saturated rings. The Bertz CT molecular complexity index is 439. The van der Waals surface area contributed by atoms with Crippen LogP contribution in [0.15, 0.2) is 18.2 Å². The molecule has 3 heteroatoms. The molecule has 1 atom stereocenters. The number of aryl methyl sites for hydroxylation is 1. The predicted octanol–water partition coefficient (Wildman–Crippen LogP) is 3.22. The molecule has 0 aromatic heterocycles. The zero-order valence-electron chi connectivity index (χ0n) is 13.2. The fourth-order valence-electron chi connectivity index (χ4n) is 3.32. The molecular weight excluding hydrogens is 248 g/mol. The second kappa shape index (κ2) is 6.59. The summed E-state index contributed by atoms with van der Waals surface area (Å²) < 4.78 is 0. The van der Waals surface area contributed by atoms with Gasteiger partial charge in [-0.05, 0) is 59.7 Å². The van der Waals surface area contributed by atoms with Gasteiger partial charge in [-0.15, -0.1) is 0 Å². The van der Waals surface area contributed by atoms with Crippen LogP contribution in [0.5, 0.6) is 5.75 Å². The lowest BCUT2D eigenvalue weighted by atomic mass is 9.89. The molecule has 0 spiro atoms. The van der Waals surface area contributed by atoms with Crippen LogP contribution >= 0.6 is 0 Å². The third-order valence-electron chi connectivity index (χ3n) is 4.92. The van der Waals surface area contributed by atoms with Crippen LogP contribution in [0.2, 0.25) is 0 Å². The van der Waals surface area contributed by atoms with Crippen LogP contribution in [0, 0.1) is 6.92 Å². The maximum absolute atomic E-state index is 10.1. The van der Waals surface area contributed by atoms with E-state index >= 15 is 0 Å². The van der Waals surface area contributed by atoms with Crippen molar-refractivity contribution in [2.45, 2.75) is 57.7 Å². The summed E-state index contributed by atoms with van der Waals surface area (Å²) in [5.41, 5.74) is 2.25. The fraction of sp³-hybridized carbons (Fsp3) is 0.647. The molecule has 2 N–H and O–H groups in total. The molecule has 1 aromatic carbocycles. The molecule has 20 heavy (non-hydrogen) atoms.